The van der Waals surface area contributed by atoms with E-state index in [1.54, 1.807) is 6.08 Å². The maximum atomic E-state index is 11.8. The van der Waals surface area contributed by atoms with Crippen LogP contribution in [-0.2, 0) is 4.79 Å². The van der Waals surface area contributed by atoms with Crippen LogP contribution in [0.2, 0.25) is 0 Å². The topological polar surface area (TPSA) is 42.2 Å². The molecule has 98 valence electrons. The van der Waals surface area contributed by atoms with Crippen LogP contribution >= 0.6 is 15.9 Å². The average Bonchev–Trinajstić information content (AvgIpc) is 2.60. The van der Waals surface area contributed by atoms with E-state index in [0.29, 0.717) is 16.5 Å². The summed E-state index contributed by atoms with van der Waals surface area (Å²) in [7, 11) is 0. The number of hydrogen-bond acceptors (Lipinski definition) is 2. The van der Waals surface area contributed by atoms with Crippen LogP contribution in [0.25, 0.3) is 6.08 Å². The van der Waals surface area contributed by atoms with Gasteiger partial charge in [-0.05, 0) is 47.0 Å². The van der Waals surface area contributed by atoms with E-state index in [9.17, 15) is 4.79 Å². The number of rotatable bonds is 3. The van der Waals surface area contributed by atoms with E-state index < -0.39 is 0 Å². The van der Waals surface area contributed by atoms with Crippen molar-refractivity contribution >= 4 is 27.9 Å². The van der Waals surface area contributed by atoms with E-state index in [4.69, 9.17) is 4.42 Å². The molecule has 1 aliphatic rings. The molecule has 1 aromatic rings. The molecule has 3 nitrogen and oxygen atoms in total. The quantitative estimate of drug-likeness (QED) is 0.679. The maximum Gasteiger partial charge on any atom is 0.244 e. The van der Waals surface area contributed by atoms with Gasteiger partial charge in [0.25, 0.3) is 0 Å². The summed E-state index contributed by atoms with van der Waals surface area (Å²) in [5.41, 5.74) is 0. The first kappa shape index (κ1) is 13.4. The number of furan rings is 1. The lowest BCUT2D eigenvalue weighted by atomic mass is 10.1. The molecule has 0 atom stereocenters. The predicted octanol–water partition coefficient (Wildman–Crippen LogP) is 3.89. The summed E-state index contributed by atoms with van der Waals surface area (Å²) in [5, 5.41) is 3.06. The van der Waals surface area contributed by atoms with E-state index in [1.165, 1.54) is 31.8 Å². The minimum absolute atomic E-state index is 0.0329. The summed E-state index contributed by atoms with van der Waals surface area (Å²) < 4.78 is 5.97. The molecule has 4 heteroatoms. The second kappa shape index (κ2) is 6.78. The van der Waals surface area contributed by atoms with Gasteiger partial charge in [-0.1, -0.05) is 25.7 Å². The summed E-state index contributed by atoms with van der Waals surface area (Å²) in [6.45, 7) is 0. The normalized spacial score (nSPS) is 17.8. The molecule has 1 heterocycles. The molecular formula is C14H18BrNO2. The van der Waals surface area contributed by atoms with Gasteiger partial charge < -0.3 is 9.73 Å². The van der Waals surface area contributed by atoms with Crippen molar-refractivity contribution in [1.29, 1.82) is 0 Å². The van der Waals surface area contributed by atoms with Gasteiger partial charge in [0.05, 0.1) is 0 Å². The molecule has 0 unspecified atom stereocenters. The van der Waals surface area contributed by atoms with Crippen LogP contribution in [0.1, 0.15) is 44.3 Å². The zero-order valence-electron chi connectivity index (χ0n) is 10.3. The number of nitrogens with one attached hydrogen (secondary N) is 1. The van der Waals surface area contributed by atoms with Crippen LogP contribution in [0.5, 0.6) is 0 Å². The molecule has 18 heavy (non-hydrogen) atoms. The standard InChI is InChI=1S/C14H18BrNO2/c15-13-9-7-12(18-13)8-10-14(17)16-11-5-3-1-2-4-6-11/h7-11H,1-6H2,(H,16,17). The third kappa shape index (κ3) is 4.33. The van der Waals surface area contributed by atoms with Crippen LogP contribution in [0.4, 0.5) is 0 Å². The summed E-state index contributed by atoms with van der Waals surface area (Å²) in [6.07, 6.45) is 10.5. The Morgan fingerprint density at radius 3 is 2.61 bits per heavy atom. The molecule has 0 saturated heterocycles. The third-order valence-electron chi connectivity index (χ3n) is 3.19. The molecule has 2 rings (SSSR count). The SMILES string of the molecule is O=C(C=Cc1ccc(Br)o1)NC1CCCCCC1. The lowest BCUT2D eigenvalue weighted by Crippen LogP contribution is -2.33. The maximum absolute atomic E-state index is 11.8. The molecule has 0 aliphatic heterocycles. The Labute approximate surface area is 116 Å². The van der Waals surface area contributed by atoms with Crippen LogP contribution in [0.15, 0.2) is 27.3 Å². The second-order valence-corrected chi connectivity index (χ2v) is 5.45. The minimum Gasteiger partial charge on any atom is -0.450 e. The summed E-state index contributed by atoms with van der Waals surface area (Å²) in [5.74, 6) is 0.646. The Morgan fingerprint density at radius 1 is 1.28 bits per heavy atom. The Balaban J connectivity index is 1.82. The Bertz CT molecular complexity index is 417. The van der Waals surface area contributed by atoms with E-state index in [0.717, 1.165) is 12.8 Å². The fourth-order valence-corrected chi connectivity index (χ4v) is 2.57. The summed E-state index contributed by atoms with van der Waals surface area (Å²) in [6, 6.07) is 3.97. The number of halogens is 1. The molecule has 1 fully saturated rings. The zero-order valence-corrected chi connectivity index (χ0v) is 11.9. The van der Waals surface area contributed by atoms with Crippen LogP contribution in [0.3, 0.4) is 0 Å². The van der Waals surface area contributed by atoms with Crippen molar-refractivity contribution < 1.29 is 9.21 Å². The van der Waals surface area contributed by atoms with E-state index >= 15 is 0 Å². The van der Waals surface area contributed by atoms with Crippen molar-refractivity contribution in [2.75, 3.05) is 0 Å². The minimum atomic E-state index is -0.0329. The third-order valence-corrected chi connectivity index (χ3v) is 3.62. The lowest BCUT2D eigenvalue weighted by Gasteiger charge is -2.14. The largest absolute Gasteiger partial charge is 0.450 e. The first-order valence-corrected chi connectivity index (χ1v) is 7.27. The Hall–Kier alpha value is -1.03. The Morgan fingerprint density at radius 2 is 2.00 bits per heavy atom. The van der Waals surface area contributed by atoms with Gasteiger partial charge >= 0.3 is 0 Å². The van der Waals surface area contributed by atoms with E-state index in [-0.39, 0.29) is 5.91 Å². The average molecular weight is 312 g/mol. The highest BCUT2D eigenvalue weighted by atomic mass is 79.9. The molecule has 1 aromatic heterocycles. The second-order valence-electron chi connectivity index (χ2n) is 4.67. The molecule has 0 bridgehead atoms. The van der Waals surface area contributed by atoms with Gasteiger partial charge in [0.1, 0.15) is 5.76 Å². The van der Waals surface area contributed by atoms with Gasteiger partial charge in [0, 0.05) is 12.1 Å². The van der Waals surface area contributed by atoms with Crippen molar-refractivity contribution in [1.82, 2.24) is 5.32 Å². The highest BCUT2D eigenvalue weighted by Crippen LogP contribution is 2.17. The zero-order chi connectivity index (χ0) is 12.8. The molecule has 0 radical (unpaired) electrons. The van der Waals surface area contributed by atoms with Crippen molar-refractivity contribution in [2.45, 2.75) is 44.6 Å². The van der Waals surface area contributed by atoms with Crippen molar-refractivity contribution in [3.8, 4) is 0 Å². The van der Waals surface area contributed by atoms with Crippen LogP contribution in [0, 0.1) is 0 Å². The van der Waals surface area contributed by atoms with Gasteiger partial charge in [-0.2, -0.15) is 0 Å². The number of carbonyl (C=O) groups excluding carboxylic acids is 1. The molecule has 1 N–H and O–H groups in total. The predicted molar refractivity (Wildman–Crippen MR) is 75.1 cm³/mol. The first-order chi connectivity index (χ1) is 8.74. The monoisotopic (exact) mass is 311 g/mol. The van der Waals surface area contributed by atoms with Gasteiger partial charge in [-0.15, -0.1) is 0 Å². The van der Waals surface area contributed by atoms with Gasteiger partial charge in [-0.3, -0.25) is 4.79 Å². The molecular weight excluding hydrogens is 294 g/mol. The fourth-order valence-electron chi connectivity index (χ4n) is 2.25. The lowest BCUT2D eigenvalue weighted by molar-refractivity contribution is -0.117. The smallest absolute Gasteiger partial charge is 0.244 e. The molecule has 1 aliphatic carbocycles. The van der Waals surface area contributed by atoms with Crippen LogP contribution in [-0.4, -0.2) is 11.9 Å². The number of hydrogen-bond donors (Lipinski definition) is 1. The first-order valence-electron chi connectivity index (χ1n) is 6.48. The van der Waals surface area contributed by atoms with Crippen molar-refractivity contribution in [2.24, 2.45) is 0 Å². The van der Waals surface area contributed by atoms with Gasteiger partial charge in [0.2, 0.25) is 5.91 Å². The molecule has 1 amide bonds. The number of carbonyl (C=O) groups is 1. The Kier molecular flexibility index (Phi) is 5.05. The van der Waals surface area contributed by atoms with Crippen molar-refractivity contribution in [3.05, 3.63) is 28.6 Å². The number of amides is 1. The van der Waals surface area contributed by atoms with E-state index in [2.05, 4.69) is 21.2 Å². The fraction of sp³-hybridized carbons (Fsp3) is 0.500. The van der Waals surface area contributed by atoms with Gasteiger partial charge in [0.15, 0.2) is 4.67 Å². The van der Waals surface area contributed by atoms with Crippen molar-refractivity contribution in [3.63, 3.8) is 0 Å². The van der Waals surface area contributed by atoms with Crippen LogP contribution < -0.4 is 5.32 Å². The molecule has 0 spiro atoms. The summed E-state index contributed by atoms with van der Waals surface area (Å²) in [4.78, 5) is 11.8. The van der Waals surface area contributed by atoms with E-state index in [1.807, 2.05) is 12.1 Å². The highest BCUT2D eigenvalue weighted by Gasteiger charge is 2.13. The molecule has 0 aromatic carbocycles. The van der Waals surface area contributed by atoms with Gasteiger partial charge in [-0.25, -0.2) is 0 Å². The summed E-state index contributed by atoms with van der Waals surface area (Å²) >= 11 is 3.23. The molecule has 1 saturated carbocycles. The highest BCUT2D eigenvalue weighted by molar-refractivity contribution is 9.10.